The normalized spacial score (nSPS) is 14.6. The molecule has 39 N–H and O–H groups in total. The number of hydrogen-bond donors (Lipinski definition) is 32. The van der Waals surface area contributed by atoms with Crippen LogP contribution in [0.3, 0.4) is 0 Å². The molecule has 2 aromatic rings. The summed E-state index contributed by atoms with van der Waals surface area (Å²) in [5.74, 6) is -20.8. The Labute approximate surface area is 821 Å². The second kappa shape index (κ2) is 67.7. The minimum absolute atomic E-state index is 0.00383. The predicted octanol–water partition coefficient (Wildman–Crippen LogP) is -7.18. The second-order valence-corrected chi connectivity index (χ2v) is 36.4. The summed E-state index contributed by atoms with van der Waals surface area (Å²) in [5.41, 5.74) is 40.8. The Hall–Kier alpha value is -12.5. The van der Waals surface area contributed by atoms with Crippen molar-refractivity contribution in [2.45, 2.75) is 273 Å². The van der Waals surface area contributed by atoms with E-state index in [1.807, 2.05) is 6.26 Å². The van der Waals surface area contributed by atoms with Crippen molar-refractivity contribution < 1.29 is 117 Å². The van der Waals surface area contributed by atoms with Gasteiger partial charge in [0.05, 0.1) is 31.7 Å². The average molecular weight is 2020 g/mol. The number of carbonyl (C=O) groups is 18. The monoisotopic (exact) mass is 2020 g/mol. The van der Waals surface area contributed by atoms with Crippen molar-refractivity contribution in [1.29, 1.82) is 10.8 Å². The van der Waals surface area contributed by atoms with Crippen LogP contribution in [0.2, 0.25) is 0 Å². The number of phenols is 2. The third-order valence-corrected chi connectivity index (χ3v) is 22.8. The van der Waals surface area contributed by atoms with Gasteiger partial charge in [-0.2, -0.15) is 23.5 Å². The van der Waals surface area contributed by atoms with Gasteiger partial charge in [-0.25, -0.2) is 4.79 Å². The van der Waals surface area contributed by atoms with Crippen molar-refractivity contribution in [3.8, 4) is 11.5 Å². The summed E-state index contributed by atoms with van der Waals surface area (Å²) in [6.45, 7) is 6.36. The van der Waals surface area contributed by atoms with Crippen LogP contribution in [0.15, 0.2) is 48.5 Å². The van der Waals surface area contributed by atoms with E-state index in [9.17, 15) is 117 Å². The number of hydrogen-bond acceptors (Lipinski definition) is 30. The van der Waals surface area contributed by atoms with Gasteiger partial charge in [-0.1, -0.05) is 52.0 Å². The van der Waals surface area contributed by atoms with Crippen LogP contribution in [-0.2, 0) is 99.1 Å². The highest BCUT2D eigenvalue weighted by molar-refractivity contribution is 7.98. The second-order valence-electron chi connectivity index (χ2n) is 34.4. The van der Waals surface area contributed by atoms with Gasteiger partial charge in [0.25, 0.3) is 0 Å². The maximum Gasteiger partial charge on any atom is 0.326 e. The van der Waals surface area contributed by atoms with Crippen LogP contribution in [0.1, 0.15) is 174 Å². The average Bonchev–Trinajstić information content (AvgIpc) is 0.845. The highest BCUT2D eigenvalue weighted by atomic mass is 32.2. The zero-order valence-electron chi connectivity index (χ0n) is 80.3. The number of unbranched alkanes of at least 4 members (excludes halogenated alkanes) is 3. The summed E-state index contributed by atoms with van der Waals surface area (Å²) in [6, 6.07) is -13.3. The first-order valence-electron chi connectivity index (χ1n) is 46.3. The number of nitrogens with two attached hydrogens (primary N) is 7. The lowest BCUT2D eigenvalue weighted by molar-refractivity contribution is -0.143. The lowest BCUT2D eigenvalue weighted by Crippen LogP contribution is -2.62. The van der Waals surface area contributed by atoms with Crippen LogP contribution in [0.4, 0.5) is 0 Å². The number of aliphatic hydroxyl groups is 2. The maximum atomic E-state index is 14.8. The van der Waals surface area contributed by atoms with E-state index in [4.69, 9.17) is 51.0 Å². The summed E-state index contributed by atoms with van der Waals surface area (Å²) in [6.07, 6.45) is -0.772. The Morgan fingerprint density at radius 3 is 1.04 bits per heavy atom. The number of aromatic hydroxyl groups is 2. The van der Waals surface area contributed by atoms with Crippen molar-refractivity contribution in [3.63, 3.8) is 0 Å². The fourth-order valence-corrected chi connectivity index (χ4v) is 14.9. The van der Waals surface area contributed by atoms with Crippen molar-refractivity contribution in [1.82, 2.24) is 90.4 Å². The molecular weight excluding hydrogens is 1870 g/mol. The molecule has 0 unspecified atom stereocenters. The van der Waals surface area contributed by atoms with Crippen LogP contribution >= 0.6 is 23.5 Å². The molecule has 0 heterocycles. The standard InChI is InChI=1S/C88H148N26O24S2/c1-47(2)40-62(109-74(125)56(17-9-12-34-90)102-73(124)55(16-8-11-33-89)103-78(129)60(29-30-68(93)119)107-81(132)63(42-50-21-25-52(117)26-22-50)101-69(120)45-100-72(123)54(92)31-38-139-6)80(131)105-59(20-15-37-99-88(96)97)77(128)113-67(46-115)84(135)108-61(32-39-140-7)79(130)114-71(49(5)116)85(136)111-65(44-70(121)122)83(134)104-57(18-10-13-35-91)75(126)110-64(43-51-23-27-53(118)28-24-51)82(133)106-58(19-14-36-98-87(94)95)76(127)112-66(86(137)138)41-48(3)4/h21-28,47-49,54-67,71,115-118H,8-20,29-46,89-92H2,1-7H3,(H2,93,119)(H,100,123)(H,101,120)(H,102,124)(H,103,129)(H,104,134)(H,105,131)(H,106,133)(H,107,132)(H,108,135)(H,109,125)(H,110,126)(H,111,136)(H,112,127)(H,113,128)(H,114,130)(H,121,122)(H,137,138)(H4,94,95,98)(H4,96,97,99)/t49-,54+,55-,56+,57+,58+,59+,60+,61+,62+,63+,64+,65+,66+,67+,71+/m1/s1. The molecule has 140 heavy (non-hydrogen) atoms. The molecule has 2 aromatic carbocycles. The minimum Gasteiger partial charge on any atom is -0.508 e. The fourth-order valence-electron chi connectivity index (χ4n) is 13.9. The molecule has 50 nitrogen and oxygen atoms in total. The number of nitrogens with one attached hydrogen (secondary N) is 19. The number of rotatable bonds is 72. The number of phenolic OH excluding ortho intramolecular Hbond substituents is 2. The lowest BCUT2D eigenvalue weighted by atomic mass is 10.0. The van der Waals surface area contributed by atoms with E-state index < -0.39 is 253 Å². The zero-order valence-corrected chi connectivity index (χ0v) is 82.0. The van der Waals surface area contributed by atoms with Gasteiger partial charge in [-0.15, -0.1) is 0 Å². The topological polar surface area (TPSA) is 863 Å². The molecule has 0 radical (unpaired) electrons. The molecule has 0 aromatic heterocycles. The Morgan fingerprint density at radius 1 is 0.364 bits per heavy atom. The van der Waals surface area contributed by atoms with Crippen LogP contribution < -0.4 is 131 Å². The third-order valence-electron chi connectivity index (χ3n) is 21.5. The molecule has 0 aliphatic carbocycles. The van der Waals surface area contributed by atoms with Gasteiger partial charge in [-0.3, -0.25) is 92.3 Å². The van der Waals surface area contributed by atoms with Gasteiger partial charge in [0, 0.05) is 32.4 Å². The Balaban J connectivity index is 2.60. The highest BCUT2D eigenvalue weighted by Crippen LogP contribution is 2.19. The van der Waals surface area contributed by atoms with E-state index in [0.717, 1.165) is 6.92 Å². The molecule has 0 saturated heterocycles. The molecule has 52 heteroatoms. The van der Waals surface area contributed by atoms with Gasteiger partial charge in [0.1, 0.15) is 96.1 Å². The summed E-state index contributed by atoms with van der Waals surface area (Å²) in [7, 11) is 0. The largest absolute Gasteiger partial charge is 0.508 e. The van der Waals surface area contributed by atoms with E-state index in [1.165, 1.54) is 72.1 Å². The molecular formula is C88H148N26O24S2. The molecule has 0 spiro atoms. The Bertz CT molecular complexity index is 4360. The molecule has 0 saturated carbocycles. The Kier molecular flexibility index (Phi) is 59.8. The smallest absolute Gasteiger partial charge is 0.326 e. The quantitative estimate of drug-likeness (QED) is 0.0166. The minimum atomic E-state index is -2.12. The van der Waals surface area contributed by atoms with E-state index in [1.54, 1.807) is 34.0 Å². The van der Waals surface area contributed by atoms with Crippen LogP contribution in [-0.4, -0.2) is 316 Å². The molecule has 0 bridgehead atoms. The van der Waals surface area contributed by atoms with Crippen molar-refractivity contribution in [2.75, 3.05) is 69.9 Å². The van der Waals surface area contributed by atoms with Crippen LogP contribution in [0.25, 0.3) is 0 Å². The van der Waals surface area contributed by atoms with Gasteiger partial charge in [-0.05, 0) is 213 Å². The summed E-state index contributed by atoms with van der Waals surface area (Å²) >= 11 is 2.62. The van der Waals surface area contributed by atoms with Crippen LogP contribution in [0, 0.1) is 22.7 Å². The predicted molar refractivity (Wildman–Crippen MR) is 521 cm³/mol. The molecule has 16 atom stereocenters. The molecule has 16 amide bonds. The number of primary amides is 1. The van der Waals surface area contributed by atoms with Gasteiger partial charge in [0.2, 0.25) is 94.5 Å². The number of guanidine groups is 2. The first kappa shape index (κ1) is 124. The number of amides is 16. The molecule has 0 aliphatic heterocycles. The zero-order chi connectivity index (χ0) is 105. The summed E-state index contributed by atoms with van der Waals surface area (Å²) in [4.78, 5) is 252. The first-order valence-corrected chi connectivity index (χ1v) is 49.1. The van der Waals surface area contributed by atoms with Crippen molar-refractivity contribution in [2.24, 2.45) is 52.0 Å². The SMILES string of the molecule is CSCC[C@H](NC(=O)[C@H](CO)NC(=O)[C@H](CCCNC(=N)N)NC(=O)[C@H](CC(C)C)NC(=O)[C@H](CCCCN)NC(=O)[C@@H](CCCCN)NC(=O)[C@H](CCC(N)=O)NC(=O)[C@H](Cc1ccc(O)cc1)NC(=O)CNC(=O)[C@@H](N)CCSC)C(=O)N[C@H](C(=O)N[C@@H](CC(=O)O)C(=O)N[C@@H](CCCCN)C(=O)N[C@@H](Cc1ccc(O)cc1)C(=O)N[C@@H](CCCNC(=N)N)C(=O)N[C@@H](CC(C)C)C(=O)O)[C@@H](C)O. The first-order chi connectivity index (χ1) is 66.2. The molecule has 786 valence electrons. The van der Waals surface area contributed by atoms with E-state index >= 15 is 0 Å². The van der Waals surface area contributed by atoms with Gasteiger partial charge in [0.15, 0.2) is 11.9 Å². The third kappa shape index (κ3) is 50.4. The number of carboxylic acid groups (broad SMARTS) is 2. The van der Waals surface area contributed by atoms with E-state index in [0.29, 0.717) is 36.1 Å². The highest BCUT2D eigenvalue weighted by Gasteiger charge is 2.40. The van der Waals surface area contributed by atoms with Crippen LogP contribution in [0.5, 0.6) is 11.5 Å². The number of carbonyl (C=O) groups excluding carboxylic acids is 16. The van der Waals surface area contributed by atoms with E-state index in [-0.39, 0.29) is 159 Å². The van der Waals surface area contributed by atoms with Crippen molar-refractivity contribution in [3.05, 3.63) is 59.7 Å². The maximum absolute atomic E-state index is 14.8. The van der Waals surface area contributed by atoms with E-state index in [2.05, 4.69) is 90.4 Å². The van der Waals surface area contributed by atoms with Gasteiger partial charge >= 0.3 is 11.9 Å². The number of carboxylic acids is 2. The number of thioether (sulfide) groups is 2. The lowest BCUT2D eigenvalue weighted by Gasteiger charge is -2.29. The van der Waals surface area contributed by atoms with Gasteiger partial charge < -0.3 is 161 Å². The number of aliphatic carboxylic acids is 2. The molecule has 0 fully saturated rings. The molecule has 2 rings (SSSR count). The number of benzene rings is 2. The summed E-state index contributed by atoms with van der Waals surface area (Å²) < 4.78 is 0. The van der Waals surface area contributed by atoms with Crippen molar-refractivity contribution >= 4 is 142 Å². The number of aliphatic hydroxyl groups excluding tert-OH is 2. The summed E-state index contributed by atoms with van der Waals surface area (Å²) in [5, 5.41) is 120. The Morgan fingerprint density at radius 2 is 0.679 bits per heavy atom. The molecule has 0 aliphatic rings. The fraction of sp³-hybridized carbons (Fsp3) is 0.636.